The lowest BCUT2D eigenvalue weighted by Crippen LogP contribution is -2.13. The smallest absolute Gasteiger partial charge is 0.152 e. The maximum absolute atomic E-state index is 4.51. The molecule has 4 heterocycles. The Labute approximate surface area is 209 Å². The van der Waals surface area contributed by atoms with Crippen LogP contribution in [0, 0.1) is 0 Å². The summed E-state index contributed by atoms with van der Waals surface area (Å²) in [6.07, 6.45) is 16.0. The fourth-order valence-corrected chi connectivity index (χ4v) is 5.18. The van der Waals surface area contributed by atoms with E-state index in [-0.39, 0.29) is 0 Å². The molecule has 0 radical (unpaired) electrons. The van der Waals surface area contributed by atoms with E-state index in [4.69, 9.17) is 0 Å². The van der Waals surface area contributed by atoms with Gasteiger partial charge in [0.05, 0.1) is 11.4 Å². The molecule has 3 aromatic rings. The number of aromatic amines is 2. The van der Waals surface area contributed by atoms with E-state index in [1.54, 1.807) is 0 Å². The lowest BCUT2D eigenvalue weighted by Gasteiger charge is -2.05. The van der Waals surface area contributed by atoms with Gasteiger partial charge in [-0.1, -0.05) is 51.8 Å². The lowest BCUT2D eigenvalue weighted by molar-refractivity contribution is -0.435. The molecule has 0 atom stereocenters. The number of nitrogens with zero attached hydrogens (tertiary/aromatic N) is 2. The molecule has 4 rings (SSSR count). The number of pyridine rings is 1. The number of rotatable bonds is 7. The maximum Gasteiger partial charge on any atom is 0.152 e. The Morgan fingerprint density at radius 1 is 0.800 bits per heavy atom. The Hall–Kier alpha value is -3.40. The first-order valence-corrected chi connectivity index (χ1v) is 12.9. The highest BCUT2D eigenvalue weighted by atomic mass is 15.0. The minimum absolute atomic E-state index is 0.974. The van der Waals surface area contributed by atoms with Gasteiger partial charge < -0.3 is 9.97 Å². The highest BCUT2D eigenvalue weighted by Crippen LogP contribution is 2.27. The Bertz CT molecular complexity index is 1440. The van der Waals surface area contributed by atoms with Crippen molar-refractivity contribution in [1.82, 2.24) is 15.0 Å². The summed E-state index contributed by atoms with van der Waals surface area (Å²) in [7, 11) is 2.06. The second-order valence-electron chi connectivity index (χ2n) is 9.22. The zero-order valence-electron chi connectivity index (χ0n) is 22.3. The minimum atomic E-state index is 0.974. The van der Waals surface area contributed by atoms with E-state index >= 15 is 0 Å². The average Bonchev–Trinajstić information content (AvgIpc) is 3.46. The van der Waals surface area contributed by atoms with Crippen LogP contribution in [0.15, 0.2) is 41.2 Å². The van der Waals surface area contributed by atoms with Crippen molar-refractivity contribution in [3.8, 4) is 0 Å². The van der Waals surface area contributed by atoms with Crippen molar-refractivity contribution >= 4 is 24.4 Å². The molecule has 1 aliphatic rings. The van der Waals surface area contributed by atoms with Crippen LogP contribution < -0.4 is 10.7 Å². The third-order valence-corrected chi connectivity index (χ3v) is 7.28. The first-order chi connectivity index (χ1) is 16.9. The first-order valence-electron chi connectivity index (χ1n) is 12.9. The van der Waals surface area contributed by atoms with Crippen LogP contribution in [-0.2, 0) is 25.7 Å². The van der Waals surface area contributed by atoms with E-state index in [1.807, 2.05) is 18.3 Å². The average molecular weight is 467 g/mol. The molecule has 0 saturated carbocycles. The quantitative estimate of drug-likeness (QED) is 0.377. The highest BCUT2D eigenvalue weighted by molar-refractivity contribution is 5.90. The van der Waals surface area contributed by atoms with Crippen LogP contribution in [0.5, 0.6) is 0 Å². The summed E-state index contributed by atoms with van der Waals surface area (Å²) in [6.45, 7) is 13.3. The standard InChI is InChI=1S/C31H38N4/c1-8-24-26(10-3)30(33-28(24)16-22-19-35(7)21(6)20(22)5)18-31-27(11-4)25(9-2)29(34-31)17-23-14-12-13-15-32-23/h12-18,33-34H,8-11H2,1-7H3. The number of aromatic nitrogens is 3. The van der Waals surface area contributed by atoms with Gasteiger partial charge in [-0.05, 0) is 79.1 Å². The lowest BCUT2D eigenvalue weighted by atomic mass is 10.0. The third kappa shape index (κ3) is 4.75. The summed E-state index contributed by atoms with van der Waals surface area (Å²) >= 11 is 0. The monoisotopic (exact) mass is 466 g/mol. The van der Waals surface area contributed by atoms with Gasteiger partial charge in [-0.2, -0.15) is 0 Å². The van der Waals surface area contributed by atoms with Gasteiger partial charge in [-0.3, -0.25) is 9.56 Å². The van der Waals surface area contributed by atoms with Gasteiger partial charge in [-0.15, -0.1) is 6.08 Å². The molecule has 35 heavy (non-hydrogen) atoms. The van der Waals surface area contributed by atoms with E-state index < -0.39 is 0 Å². The fraction of sp³-hybridized carbons (Fsp3) is 0.355. The molecule has 0 saturated heterocycles. The molecule has 0 unspecified atom stereocenters. The number of H-pyrrole nitrogens is 2. The van der Waals surface area contributed by atoms with Crippen LogP contribution in [0.3, 0.4) is 0 Å². The molecule has 1 aliphatic heterocycles. The van der Waals surface area contributed by atoms with Gasteiger partial charge in [0.2, 0.25) is 0 Å². The molecule has 0 bridgehead atoms. The molecule has 4 heteroatoms. The fourth-order valence-electron chi connectivity index (χ4n) is 5.18. The van der Waals surface area contributed by atoms with Crippen molar-refractivity contribution in [1.29, 1.82) is 0 Å². The van der Waals surface area contributed by atoms with Gasteiger partial charge in [0.25, 0.3) is 0 Å². The normalized spacial score (nSPS) is 16.2. The maximum atomic E-state index is 4.51. The van der Waals surface area contributed by atoms with Crippen LogP contribution in [0.4, 0.5) is 0 Å². The largest absolute Gasteiger partial charge is 0.363 e. The van der Waals surface area contributed by atoms with Crippen LogP contribution in [0.25, 0.3) is 18.2 Å². The molecule has 0 spiro atoms. The summed E-state index contributed by atoms with van der Waals surface area (Å²) in [5, 5.41) is 2.35. The summed E-state index contributed by atoms with van der Waals surface area (Å²) in [5.74, 6) is 0. The summed E-state index contributed by atoms with van der Waals surface area (Å²) in [4.78, 5) is 12.0. The topological polar surface area (TPSA) is 47.5 Å². The number of hydrogen-bond acceptors (Lipinski definition) is 1. The number of hydrogen-bond donors (Lipinski definition) is 2. The zero-order chi connectivity index (χ0) is 25.1. The zero-order valence-corrected chi connectivity index (χ0v) is 22.3. The van der Waals surface area contributed by atoms with E-state index in [0.717, 1.165) is 42.3 Å². The predicted molar refractivity (Wildman–Crippen MR) is 147 cm³/mol. The first kappa shape index (κ1) is 24.7. The molecule has 3 aromatic heterocycles. The third-order valence-electron chi connectivity index (χ3n) is 7.28. The summed E-state index contributed by atoms with van der Waals surface area (Å²) < 4.78 is 2.09. The van der Waals surface area contributed by atoms with Crippen molar-refractivity contribution in [2.24, 2.45) is 0 Å². The van der Waals surface area contributed by atoms with Crippen LogP contribution in [-0.4, -0.2) is 32.8 Å². The van der Waals surface area contributed by atoms with E-state index in [0.29, 0.717) is 0 Å². The van der Waals surface area contributed by atoms with E-state index in [1.165, 1.54) is 50.3 Å². The Morgan fingerprint density at radius 3 is 1.91 bits per heavy atom. The van der Waals surface area contributed by atoms with Gasteiger partial charge >= 0.3 is 0 Å². The molecule has 2 N–H and O–H groups in total. The van der Waals surface area contributed by atoms with Gasteiger partial charge in [0, 0.05) is 28.3 Å². The predicted octanol–water partition coefficient (Wildman–Crippen LogP) is 4.93. The van der Waals surface area contributed by atoms with E-state index in [2.05, 4.69) is 98.6 Å². The van der Waals surface area contributed by atoms with Crippen molar-refractivity contribution in [2.75, 3.05) is 7.05 Å². The van der Waals surface area contributed by atoms with Gasteiger partial charge in [0.1, 0.15) is 7.05 Å². The van der Waals surface area contributed by atoms with E-state index in [9.17, 15) is 0 Å². The second kappa shape index (κ2) is 10.5. The Balaban J connectivity index is 1.90. The van der Waals surface area contributed by atoms with Gasteiger partial charge in [-0.25, -0.2) is 0 Å². The highest BCUT2D eigenvalue weighted by Gasteiger charge is 2.15. The van der Waals surface area contributed by atoms with Crippen molar-refractivity contribution < 1.29 is 4.58 Å². The SMILES string of the molecule is CCc1c(C=C2[C-]=[N+](C)C(C)=C2C)[nH]c(C=c2[nH]c(=Cc3ccccn3)c(CC)c2CC)c1CC. The van der Waals surface area contributed by atoms with Crippen LogP contribution in [0.1, 0.15) is 80.9 Å². The molecule has 4 nitrogen and oxygen atoms in total. The molecule has 182 valence electrons. The van der Waals surface area contributed by atoms with Gasteiger partial charge in [0.15, 0.2) is 6.21 Å². The Kier molecular flexibility index (Phi) is 7.39. The van der Waals surface area contributed by atoms with Crippen molar-refractivity contribution in [2.45, 2.75) is 67.2 Å². The van der Waals surface area contributed by atoms with Crippen LogP contribution in [0.2, 0.25) is 0 Å². The molecule has 0 amide bonds. The molecule has 0 aromatic carbocycles. The Morgan fingerprint density at radius 2 is 1.40 bits per heavy atom. The molecule has 0 fully saturated rings. The summed E-state index contributed by atoms with van der Waals surface area (Å²) in [5.41, 5.74) is 12.6. The molecule has 0 aliphatic carbocycles. The van der Waals surface area contributed by atoms with Crippen molar-refractivity contribution in [3.63, 3.8) is 0 Å². The molecular weight excluding hydrogens is 428 g/mol. The number of nitrogens with one attached hydrogen (secondary N) is 2. The number of allylic oxidation sites excluding steroid dienone is 3. The summed E-state index contributed by atoms with van der Waals surface area (Å²) in [6, 6.07) is 6.04. The van der Waals surface area contributed by atoms with Crippen LogP contribution >= 0.6 is 0 Å². The molecular formula is C31H38N4. The minimum Gasteiger partial charge on any atom is -0.363 e. The van der Waals surface area contributed by atoms with Crippen molar-refractivity contribution in [3.05, 3.63) is 91.3 Å². The second-order valence-corrected chi connectivity index (χ2v) is 9.22.